The number of hydrogen-bond donors (Lipinski definition) is 0. The molecule has 2 nitrogen and oxygen atoms in total. The Morgan fingerprint density at radius 1 is 1.04 bits per heavy atom. The molecule has 0 amide bonds. The molecule has 0 aliphatic rings. The third-order valence-electron chi connectivity index (χ3n) is 5.50. The molecule has 0 aromatic heterocycles. The smallest absolute Gasteiger partial charge is 0.302 e. The fourth-order valence-corrected chi connectivity index (χ4v) is 7.70. The van der Waals surface area contributed by atoms with Gasteiger partial charge >= 0.3 is 5.97 Å². The predicted octanol–water partition coefficient (Wildman–Crippen LogP) is 6.76. The molecule has 140 valence electrons. The van der Waals surface area contributed by atoms with E-state index in [9.17, 15) is 4.79 Å². The second-order valence-electron chi connectivity index (χ2n) is 6.89. The summed E-state index contributed by atoms with van der Waals surface area (Å²) in [6.45, 7) is 11.2. The molecule has 0 aliphatic carbocycles. The maximum atomic E-state index is 11.3. The molecule has 0 unspecified atom stereocenters. The van der Waals surface area contributed by atoms with E-state index < -0.39 is 8.07 Å². The number of hydrogen-bond acceptors (Lipinski definition) is 2. The zero-order valence-corrected chi connectivity index (χ0v) is 17.9. The van der Waals surface area contributed by atoms with Crippen LogP contribution in [0.15, 0.2) is 30.3 Å². The number of rotatable bonds is 11. The first kappa shape index (κ1) is 21.7. The number of carbonyl (C=O) groups excluding carboxylic acids is 1. The summed E-state index contributed by atoms with van der Waals surface area (Å²) in [7, 11) is -1.51. The first-order chi connectivity index (χ1) is 12.0. The molecule has 0 saturated heterocycles. The summed E-state index contributed by atoms with van der Waals surface area (Å²) in [6.07, 6.45) is 7.47. The van der Waals surface area contributed by atoms with Gasteiger partial charge in [-0.3, -0.25) is 4.79 Å². The van der Waals surface area contributed by atoms with E-state index in [0.717, 1.165) is 12.0 Å². The van der Waals surface area contributed by atoms with Gasteiger partial charge in [-0.2, -0.15) is 0 Å². The van der Waals surface area contributed by atoms with Crippen LogP contribution >= 0.6 is 0 Å². The molecule has 0 heterocycles. The number of unbranched alkanes of at least 4 members (excludes halogenated alkanes) is 3. The highest BCUT2D eigenvalue weighted by molar-refractivity contribution is 6.96. The molecule has 1 aromatic carbocycles. The SMILES string of the molecule is CCCCC/C=C(\c1ccccc1COC(C)=O)[Si](CC)(CC)CC. The quantitative estimate of drug-likeness (QED) is 0.247. The van der Waals surface area contributed by atoms with E-state index in [1.54, 1.807) is 5.20 Å². The van der Waals surface area contributed by atoms with Crippen LogP contribution in [-0.2, 0) is 16.1 Å². The van der Waals surface area contributed by atoms with Crippen molar-refractivity contribution in [2.45, 2.75) is 85.0 Å². The Labute approximate surface area is 155 Å². The van der Waals surface area contributed by atoms with Crippen LogP contribution in [0, 0.1) is 0 Å². The van der Waals surface area contributed by atoms with Gasteiger partial charge in [0.05, 0.1) is 8.07 Å². The van der Waals surface area contributed by atoms with Crippen molar-refractivity contribution >= 4 is 19.2 Å². The lowest BCUT2D eigenvalue weighted by Gasteiger charge is -2.33. The standard InChI is InChI=1S/C22H36O2Si/c1-6-10-11-12-17-22(25(7-2,8-3)9-4)21-16-14-13-15-20(21)18-24-19(5)23/h13-17H,6-12,18H2,1-5H3/b22-17+. The molecule has 0 atom stereocenters. The van der Waals surface area contributed by atoms with Crippen LogP contribution in [0.3, 0.4) is 0 Å². The van der Waals surface area contributed by atoms with Gasteiger partial charge in [0.1, 0.15) is 6.61 Å². The Morgan fingerprint density at radius 2 is 1.68 bits per heavy atom. The maximum Gasteiger partial charge on any atom is 0.302 e. The highest BCUT2D eigenvalue weighted by Crippen LogP contribution is 2.37. The number of allylic oxidation sites excluding steroid dienone is 1. The summed E-state index contributed by atoms with van der Waals surface area (Å²) in [5.41, 5.74) is 2.46. The second-order valence-corrected chi connectivity index (χ2v) is 12.1. The number of benzene rings is 1. The van der Waals surface area contributed by atoms with E-state index >= 15 is 0 Å². The van der Waals surface area contributed by atoms with Crippen LogP contribution in [0.1, 0.15) is 71.4 Å². The van der Waals surface area contributed by atoms with Crippen LogP contribution in [0.25, 0.3) is 5.20 Å². The maximum absolute atomic E-state index is 11.3. The van der Waals surface area contributed by atoms with Crippen molar-refractivity contribution in [2.24, 2.45) is 0 Å². The topological polar surface area (TPSA) is 26.3 Å². The number of carbonyl (C=O) groups is 1. The number of esters is 1. The zero-order valence-electron chi connectivity index (χ0n) is 16.9. The lowest BCUT2D eigenvalue weighted by molar-refractivity contribution is -0.142. The summed E-state index contributed by atoms with van der Waals surface area (Å²) >= 11 is 0. The van der Waals surface area contributed by atoms with Gasteiger partial charge in [0.25, 0.3) is 0 Å². The van der Waals surface area contributed by atoms with Crippen LogP contribution in [0.2, 0.25) is 18.1 Å². The average molecular weight is 361 g/mol. The van der Waals surface area contributed by atoms with Gasteiger partial charge in [0.2, 0.25) is 0 Å². The molecule has 0 bridgehead atoms. The molecule has 25 heavy (non-hydrogen) atoms. The van der Waals surface area contributed by atoms with Crippen molar-refractivity contribution in [3.8, 4) is 0 Å². The molecule has 0 fully saturated rings. The third kappa shape index (κ3) is 6.14. The molecule has 0 spiro atoms. The van der Waals surface area contributed by atoms with Gasteiger partial charge in [-0.05, 0) is 24.0 Å². The molecule has 3 heteroatoms. The van der Waals surface area contributed by atoms with Crippen molar-refractivity contribution in [1.29, 1.82) is 0 Å². The Balaban J connectivity index is 3.29. The summed E-state index contributed by atoms with van der Waals surface area (Å²) in [5.74, 6) is -0.215. The molecule has 0 N–H and O–H groups in total. The Kier molecular flexibility index (Phi) is 9.80. The summed E-state index contributed by atoms with van der Waals surface area (Å²) in [6, 6.07) is 12.3. The Hall–Kier alpha value is -1.35. The van der Waals surface area contributed by atoms with Crippen LogP contribution in [0.5, 0.6) is 0 Å². The fourth-order valence-electron chi connectivity index (χ4n) is 3.66. The van der Waals surface area contributed by atoms with Crippen molar-refractivity contribution in [2.75, 3.05) is 0 Å². The van der Waals surface area contributed by atoms with Gasteiger partial charge in [-0.1, -0.05) is 94.2 Å². The first-order valence-corrected chi connectivity index (χ1v) is 12.6. The first-order valence-electron chi connectivity index (χ1n) is 9.96. The zero-order chi connectivity index (χ0) is 18.7. The predicted molar refractivity (Wildman–Crippen MR) is 111 cm³/mol. The van der Waals surface area contributed by atoms with Crippen LogP contribution < -0.4 is 0 Å². The van der Waals surface area contributed by atoms with Gasteiger partial charge in [0, 0.05) is 6.92 Å². The molecular formula is C22H36O2Si. The van der Waals surface area contributed by atoms with Gasteiger partial charge in [-0.25, -0.2) is 0 Å². The van der Waals surface area contributed by atoms with Crippen molar-refractivity contribution in [3.05, 3.63) is 41.5 Å². The van der Waals surface area contributed by atoms with Crippen LogP contribution in [-0.4, -0.2) is 14.0 Å². The number of ether oxygens (including phenoxy) is 1. The Morgan fingerprint density at radius 3 is 2.24 bits per heavy atom. The summed E-state index contributed by atoms with van der Waals surface area (Å²) < 4.78 is 5.32. The monoisotopic (exact) mass is 360 g/mol. The van der Waals surface area contributed by atoms with E-state index in [0.29, 0.717) is 6.61 Å². The molecule has 0 radical (unpaired) electrons. The molecule has 1 rings (SSSR count). The van der Waals surface area contributed by atoms with Crippen molar-refractivity contribution in [1.82, 2.24) is 0 Å². The highest BCUT2D eigenvalue weighted by Gasteiger charge is 2.33. The molecule has 1 aromatic rings. The van der Waals surface area contributed by atoms with E-state index in [4.69, 9.17) is 4.74 Å². The third-order valence-corrected chi connectivity index (χ3v) is 11.2. The van der Waals surface area contributed by atoms with Crippen molar-refractivity contribution < 1.29 is 9.53 Å². The van der Waals surface area contributed by atoms with E-state index in [2.05, 4.69) is 52.0 Å². The van der Waals surface area contributed by atoms with Gasteiger partial charge < -0.3 is 4.74 Å². The van der Waals surface area contributed by atoms with Crippen molar-refractivity contribution in [3.63, 3.8) is 0 Å². The molecule has 0 aliphatic heterocycles. The average Bonchev–Trinajstić information content (AvgIpc) is 2.63. The largest absolute Gasteiger partial charge is 0.461 e. The highest BCUT2D eigenvalue weighted by atomic mass is 28.3. The Bertz CT molecular complexity index is 551. The summed E-state index contributed by atoms with van der Waals surface area (Å²) in [4.78, 5) is 11.3. The van der Waals surface area contributed by atoms with Gasteiger partial charge in [-0.15, -0.1) is 0 Å². The molecular weight excluding hydrogens is 324 g/mol. The van der Waals surface area contributed by atoms with Crippen LogP contribution in [0.4, 0.5) is 0 Å². The van der Waals surface area contributed by atoms with E-state index in [-0.39, 0.29) is 5.97 Å². The second kappa shape index (κ2) is 11.3. The fraction of sp³-hybridized carbons (Fsp3) is 0.591. The summed E-state index contributed by atoms with van der Waals surface area (Å²) in [5, 5.41) is 1.58. The minimum absolute atomic E-state index is 0.215. The van der Waals surface area contributed by atoms with E-state index in [1.165, 1.54) is 49.9 Å². The van der Waals surface area contributed by atoms with Gasteiger partial charge in [0.15, 0.2) is 0 Å². The minimum Gasteiger partial charge on any atom is -0.461 e. The minimum atomic E-state index is -1.51. The molecule has 0 saturated carbocycles. The lowest BCUT2D eigenvalue weighted by Crippen LogP contribution is -2.34. The lowest BCUT2D eigenvalue weighted by atomic mass is 10.1. The van der Waals surface area contributed by atoms with E-state index in [1.807, 2.05) is 6.07 Å². The normalized spacial score (nSPS) is 12.3.